The molecule has 1 aliphatic rings. The number of carbonyl (C=O) groups is 1. The van der Waals surface area contributed by atoms with Crippen LogP contribution in [0.2, 0.25) is 0 Å². The number of aromatic amines is 1. The van der Waals surface area contributed by atoms with Crippen LogP contribution >= 0.6 is 22.9 Å². The Morgan fingerprint density at radius 1 is 1.23 bits per heavy atom. The van der Waals surface area contributed by atoms with Crippen molar-refractivity contribution in [2.75, 3.05) is 25.1 Å². The first-order valence-corrected chi connectivity index (χ1v) is 11.0. The van der Waals surface area contributed by atoms with Crippen molar-refractivity contribution in [2.45, 2.75) is 26.2 Å². The quantitative estimate of drug-likeness (QED) is 0.586. The number of aromatic nitrogens is 2. The van der Waals surface area contributed by atoms with Crippen LogP contribution in [-0.4, -0.2) is 36.1 Å². The zero-order valence-corrected chi connectivity index (χ0v) is 18.4. The van der Waals surface area contributed by atoms with Gasteiger partial charge in [0.1, 0.15) is 9.71 Å². The molecule has 1 saturated heterocycles. The average Bonchev–Trinajstić information content (AvgIpc) is 3.11. The van der Waals surface area contributed by atoms with Gasteiger partial charge in [-0.25, -0.2) is 9.78 Å². The molecular weight excluding hydrogens is 422 g/mol. The number of aryl methyl sites for hydroxylation is 1. The maximum atomic E-state index is 12.6. The van der Waals surface area contributed by atoms with Crippen LogP contribution in [0, 0.1) is 6.92 Å². The van der Waals surface area contributed by atoms with Gasteiger partial charge in [0.05, 0.1) is 17.5 Å². The first-order valence-electron chi connectivity index (χ1n) is 9.82. The summed E-state index contributed by atoms with van der Waals surface area (Å²) in [5.74, 6) is -0.209. The molecule has 3 heterocycles. The molecule has 156 valence electrons. The minimum atomic E-state index is -0.480. The third-order valence-electron chi connectivity index (χ3n) is 5.31. The van der Waals surface area contributed by atoms with E-state index < -0.39 is 5.97 Å². The summed E-state index contributed by atoms with van der Waals surface area (Å²) >= 11 is 7.60. The van der Waals surface area contributed by atoms with Crippen LogP contribution in [0.4, 0.5) is 5.69 Å². The fourth-order valence-corrected chi connectivity index (χ4v) is 5.01. The molecule has 3 aromatic rings. The van der Waals surface area contributed by atoms with Gasteiger partial charge in [-0.1, -0.05) is 23.7 Å². The van der Waals surface area contributed by atoms with Crippen LogP contribution in [0.5, 0.6) is 0 Å². The Labute approximate surface area is 183 Å². The predicted molar refractivity (Wildman–Crippen MR) is 123 cm³/mol. The highest BCUT2D eigenvalue weighted by Gasteiger charge is 2.20. The molecule has 1 fully saturated rings. The third-order valence-corrected chi connectivity index (χ3v) is 6.76. The van der Waals surface area contributed by atoms with Gasteiger partial charge in [-0.05, 0) is 55.5 Å². The van der Waals surface area contributed by atoms with E-state index in [1.807, 2.05) is 12.1 Å². The summed E-state index contributed by atoms with van der Waals surface area (Å²) in [6.07, 6.45) is 5.53. The van der Waals surface area contributed by atoms with E-state index in [0.717, 1.165) is 30.0 Å². The largest absolute Gasteiger partial charge is 0.465 e. The number of hydrogen-bond donors (Lipinski definition) is 1. The molecule has 0 saturated carbocycles. The number of anilines is 1. The first kappa shape index (κ1) is 20.6. The van der Waals surface area contributed by atoms with Gasteiger partial charge in [-0.15, -0.1) is 11.3 Å². The van der Waals surface area contributed by atoms with Crippen molar-refractivity contribution in [1.82, 2.24) is 9.97 Å². The second-order valence-corrected chi connectivity index (χ2v) is 8.68. The van der Waals surface area contributed by atoms with E-state index >= 15 is 0 Å². The van der Waals surface area contributed by atoms with Crippen LogP contribution in [0.1, 0.15) is 45.9 Å². The van der Waals surface area contributed by atoms with Gasteiger partial charge in [0.2, 0.25) is 0 Å². The monoisotopic (exact) mass is 443 g/mol. The highest BCUT2D eigenvalue weighted by atomic mass is 35.5. The summed E-state index contributed by atoms with van der Waals surface area (Å²) in [6, 6.07) is 8.19. The van der Waals surface area contributed by atoms with Gasteiger partial charge in [-0.2, -0.15) is 0 Å². The third kappa shape index (κ3) is 4.00. The number of thiophene rings is 1. The van der Waals surface area contributed by atoms with Crippen LogP contribution in [0.15, 0.2) is 29.1 Å². The Kier molecular flexibility index (Phi) is 5.92. The molecule has 4 rings (SSSR count). The molecule has 0 aliphatic carbocycles. The van der Waals surface area contributed by atoms with E-state index in [4.69, 9.17) is 16.3 Å². The number of methoxy groups -OCH3 is 1. The van der Waals surface area contributed by atoms with Gasteiger partial charge in [-0.3, -0.25) is 4.79 Å². The smallest absolute Gasteiger partial charge is 0.348 e. The number of piperidine rings is 1. The lowest BCUT2D eigenvalue weighted by Crippen LogP contribution is -2.29. The SMILES string of the molecule is COC(=O)c1sc2nc(/C(Cl)=C/c3ccc(N4CCCCC4)cc3)[nH]c(=O)c2c1C. The van der Waals surface area contributed by atoms with E-state index in [9.17, 15) is 9.59 Å². The highest BCUT2D eigenvalue weighted by molar-refractivity contribution is 7.20. The zero-order valence-electron chi connectivity index (χ0n) is 16.8. The normalized spacial score (nSPS) is 14.9. The van der Waals surface area contributed by atoms with E-state index in [1.165, 1.54) is 32.1 Å². The molecule has 1 aliphatic heterocycles. The minimum Gasteiger partial charge on any atom is -0.465 e. The standard InChI is InChI=1S/C22H22ClN3O3S/c1-13-17-20(27)24-19(25-21(17)30-18(13)22(28)29-2)16(23)12-14-6-8-15(9-7-14)26-10-4-3-5-11-26/h6-9,12H,3-5,10-11H2,1-2H3,(H,24,25,27)/b16-12-. The molecule has 0 unspecified atom stereocenters. The Morgan fingerprint density at radius 2 is 1.93 bits per heavy atom. The Balaban J connectivity index is 1.63. The molecular formula is C22H22ClN3O3S. The molecule has 0 atom stereocenters. The number of H-pyrrole nitrogens is 1. The number of carbonyl (C=O) groups excluding carboxylic acids is 1. The molecule has 2 aromatic heterocycles. The van der Waals surface area contributed by atoms with E-state index in [1.54, 1.807) is 13.0 Å². The topological polar surface area (TPSA) is 75.3 Å². The van der Waals surface area contributed by atoms with Crippen molar-refractivity contribution in [2.24, 2.45) is 0 Å². The number of halogens is 1. The van der Waals surface area contributed by atoms with Crippen LogP contribution in [-0.2, 0) is 4.74 Å². The van der Waals surface area contributed by atoms with Crippen molar-refractivity contribution in [3.63, 3.8) is 0 Å². The van der Waals surface area contributed by atoms with Crippen molar-refractivity contribution in [3.8, 4) is 0 Å². The minimum absolute atomic E-state index is 0.270. The van der Waals surface area contributed by atoms with Gasteiger partial charge in [0, 0.05) is 18.8 Å². The van der Waals surface area contributed by atoms with E-state index in [0.29, 0.717) is 25.7 Å². The predicted octanol–water partition coefficient (Wildman–Crippen LogP) is 4.81. The summed E-state index contributed by atoms with van der Waals surface area (Å²) in [6.45, 7) is 3.90. The molecule has 0 amide bonds. The van der Waals surface area contributed by atoms with Crippen LogP contribution in [0.3, 0.4) is 0 Å². The van der Waals surface area contributed by atoms with Crippen LogP contribution in [0.25, 0.3) is 21.3 Å². The number of rotatable bonds is 4. The van der Waals surface area contributed by atoms with Gasteiger partial charge in [0.15, 0.2) is 5.82 Å². The Hall–Kier alpha value is -2.64. The fourth-order valence-electron chi connectivity index (χ4n) is 3.69. The number of nitrogens with zero attached hydrogens (tertiary/aromatic N) is 2. The first-order chi connectivity index (χ1) is 14.5. The van der Waals surface area contributed by atoms with E-state index in [2.05, 4.69) is 27.0 Å². The van der Waals surface area contributed by atoms with Crippen molar-refractivity contribution in [1.29, 1.82) is 0 Å². The average molecular weight is 444 g/mol. The molecule has 30 heavy (non-hydrogen) atoms. The highest BCUT2D eigenvalue weighted by Crippen LogP contribution is 2.29. The molecule has 6 nitrogen and oxygen atoms in total. The summed E-state index contributed by atoms with van der Waals surface area (Å²) in [5, 5.41) is 0.713. The molecule has 0 bridgehead atoms. The van der Waals surface area contributed by atoms with Gasteiger partial charge >= 0.3 is 5.97 Å². The lowest BCUT2D eigenvalue weighted by atomic mass is 10.1. The summed E-state index contributed by atoms with van der Waals surface area (Å²) in [4.78, 5) is 34.9. The van der Waals surface area contributed by atoms with Gasteiger partial charge in [0.25, 0.3) is 5.56 Å². The number of fused-ring (bicyclic) bond motifs is 1. The van der Waals surface area contributed by atoms with Gasteiger partial charge < -0.3 is 14.6 Å². The zero-order chi connectivity index (χ0) is 21.3. The number of nitrogens with one attached hydrogen (secondary N) is 1. The maximum Gasteiger partial charge on any atom is 0.348 e. The van der Waals surface area contributed by atoms with Crippen molar-refractivity contribution in [3.05, 3.63) is 56.4 Å². The van der Waals surface area contributed by atoms with Crippen molar-refractivity contribution >= 4 is 55.9 Å². The second-order valence-electron chi connectivity index (χ2n) is 7.27. The molecule has 1 aromatic carbocycles. The summed E-state index contributed by atoms with van der Waals surface area (Å²) < 4.78 is 4.79. The van der Waals surface area contributed by atoms with Crippen molar-refractivity contribution < 1.29 is 9.53 Å². The van der Waals surface area contributed by atoms with E-state index in [-0.39, 0.29) is 11.4 Å². The fraction of sp³-hybridized carbons (Fsp3) is 0.318. The molecule has 0 radical (unpaired) electrons. The number of benzene rings is 1. The number of esters is 1. The second kappa shape index (κ2) is 8.62. The molecule has 0 spiro atoms. The summed E-state index contributed by atoms with van der Waals surface area (Å²) in [7, 11) is 1.31. The Bertz CT molecular complexity index is 1170. The van der Waals surface area contributed by atoms with Crippen LogP contribution < -0.4 is 10.5 Å². The number of hydrogen-bond acceptors (Lipinski definition) is 6. The molecule has 1 N–H and O–H groups in total. The Morgan fingerprint density at radius 3 is 2.60 bits per heavy atom. The lowest BCUT2D eigenvalue weighted by molar-refractivity contribution is 0.0605. The lowest BCUT2D eigenvalue weighted by Gasteiger charge is -2.28. The number of ether oxygens (including phenoxy) is 1. The summed E-state index contributed by atoms with van der Waals surface area (Å²) in [5.41, 5.74) is 2.36. The maximum absolute atomic E-state index is 12.6. The molecule has 8 heteroatoms.